The molecule has 0 aliphatic carbocycles. The normalized spacial score (nSPS) is 10.7. The second-order valence-electron chi connectivity index (χ2n) is 3.41. The van der Waals surface area contributed by atoms with E-state index in [-0.39, 0.29) is 5.82 Å². The second kappa shape index (κ2) is 5.83. The molecule has 0 atom stereocenters. The van der Waals surface area contributed by atoms with Gasteiger partial charge in [0.25, 0.3) is 0 Å². The molecule has 0 aliphatic rings. The van der Waals surface area contributed by atoms with Gasteiger partial charge in [-0.05, 0) is 37.2 Å². The van der Waals surface area contributed by atoms with Crippen LogP contribution >= 0.6 is 11.6 Å². The van der Waals surface area contributed by atoms with Gasteiger partial charge in [0.1, 0.15) is 12.1 Å². The summed E-state index contributed by atoms with van der Waals surface area (Å²) in [6.45, 7) is 0.998. The van der Waals surface area contributed by atoms with Crippen LogP contribution in [0, 0.1) is 5.82 Å². The molecule has 0 heterocycles. The summed E-state index contributed by atoms with van der Waals surface area (Å²) in [6.07, 6.45) is 1.38. The predicted molar refractivity (Wildman–Crippen MR) is 58.7 cm³/mol. The lowest BCUT2D eigenvalue weighted by molar-refractivity contribution is -0.108. The van der Waals surface area contributed by atoms with E-state index in [0.717, 1.165) is 6.29 Å². The van der Waals surface area contributed by atoms with E-state index in [2.05, 4.69) is 0 Å². The van der Waals surface area contributed by atoms with Crippen LogP contribution in [0.15, 0.2) is 18.2 Å². The number of aldehydes is 1. The SMILES string of the molecule is CN(CC=O)CCc1cc(Cl)ccc1F. The fraction of sp³-hybridized carbons (Fsp3) is 0.364. The van der Waals surface area contributed by atoms with Gasteiger partial charge in [-0.25, -0.2) is 4.39 Å². The average molecular weight is 230 g/mol. The Morgan fingerprint density at radius 1 is 1.53 bits per heavy atom. The topological polar surface area (TPSA) is 20.3 Å². The molecule has 0 radical (unpaired) electrons. The first-order valence-corrected chi connectivity index (χ1v) is 5.07. The Hall–Kier alpha value is -0.930. The fourth-order valence-electron chi connectivity index (χ4n) is 1.26. The van der Waals surface area contributed by atoms with E-state index in [4.69, 9.17) is 11.6 Å². The minimum atomic E-state index is -0.251. The van der Waals surface area contributed by atoms with Crippen molar-refractivity contribution in [1.82, 2.24) is 4.90 Å². The Balaban J connectivity index is 2.56. The van der Waals surface area contributed by atoms with Crippen molar-refractivity contribution in [3.63, 3.8) is 0 Å². The van der Waals surface area contributed by atoms with Crippen molar-refractivity contribution in [2.45, 2.75) is 6.42 Å². The van der Waals surface area contributed by atoms with Gasteiger partial charge in [0.15, 0.2) is 0 Å². The number of carbonyl (C=O) groups excluding carboxylic acids is 1. The highest BCUT2D eigenvalue weighted by Gasteiger charge is 2.04. The molecule has 0 unspecified atom stereocenters. The standard InChI is InChI=1S/C11H13ClFNO/c1-14(6-7-15)5-4-9-8-10(12)2-3-11(9)13/h2-3,7-8H,4-6H2,1H3. The molecule has 0 spiro atoms. The molecule has 0 N–H and O–H groups in total. The van der Waals surface area contributed by atoms with Crippen molar-refractivity contribution >= 4 is 17.9 Å². The lowest BCUT2D eigenvalue weighted by Crippen LogP contribution is -2.23. The smallest absolute Gasteiger partial charge is 0.133 e. The van der Waals surface area contributed by atoms with E-state index in [1.165, 1.54) is 12.1 Å². The summed E-state index contributed by atoms with van der Waals surface area (Å²) in [4.78, 5) is 12.0. The summed E-state index contributed by atoms with van der Waals surface area (Å²) in [6, 6.07) is 4.50. The molecular formula is C11H13ClFNO. The Bertz CT molecular complexity index is 343. The molecule has 2 nitrogen and oxygen atoms in total. The van der Waals surface area contributed by atoms with E-state index >= 15 is 0 Å². The van der Waals surface area contributed by atoms with Gasteiger partial charge in [-0.3, -0.25) is 4.90 Å². The Morgan fingerprint density at radius 3 is 2.93 bits per heavy atom. The number of rotatable bonds is 5. The number of carbonyl (C=O) groups is 1. The van der Waals surface area contributed by atoms with E-state index in [1.54, 1.807) is 6.07 Å². The molecule has 82 valence electrons. The summed E-state index contributed by atoms with van der Waals surface area (Å²) >= 11 is 5.76. The maximum absolute atomic E-state index is 13.3. The molecule has 4 heteroatoms. The summed E-state index contributed by atoms with van der Waals surface area (Å²) < 4.78 is 13.3. The highest BCUT2D eigenvalue weighted by Crippen LogP contribution is 2.15. The first kappa shape index (κ1) is 12.1. The fourth-order valence-corrected chi connectivity index (χ4v) is 1.46. The number of nitrogens with zero attached hydrogens (tertiary/aromatic N) is 1. The van der Waals surface area contributed by atoms with Gasteiger partial charge in [0.2, 0.25) is 0 Å². The van der Waals surface area contributed by atoms with Crippen LogP contribution < -0.4 is 0 Å². The van der Waals surface area contributed by atoms with Crippen molar-refractivity contribution in [2.24, 2.45) is 0 Å². The van der Waals surface area contributed by atoms with Crippen molar-refractivity contribution in [3.05, 3.63) is 34.6 Å². The van der Waals surface area contributed by atoms with E-state index in [9.17, 15) is 9.18 Å². The Labute approximate surface area is 93.6 Å². The molecule has 1 aromatic rings. The van der Waals surface area contributed by atoms with Crippen LogP contribution in [0.2, 0.25) is 5.02 Å². The molecule has 0 saturated carbocycles. The van der Waals surface area contributed by atoms with Gasteiger partial charge < -0.3 is 4.79 Å². The molecule has 0 aliphatic heterocycles. The second-order valence-corrected chi connectivity index (χ2v) is 3.85. The molecule has 15 heavy (non-hydrogen) atoms. The van der Waals surface area contributed by atoms with Gasteiger partial charge in [-0.15, -0.1) is 0 Å². The minimum Gasteiger partial charge on any atom is -0.302 e. The maximum atomic E-state index is 13.3. The van der Waals surface area contributed by atoms with E-state index in [1.807, 2.05) is 11.9 Å². The summed E-state index contributed by atoms with van der Waals surface area (Å²) in [5.41, 5.74) is 0.584. The molecular weight excluding hydrogens is 217 g/mol. The number of likely N-dealkylation sites (N-methyl/N-ethyl adjacent to an activating group) is 1. The van der Waals surface area contributed by atoms with Gasteiger partial charge >= 0.3 is 0 Å². The summed E-state index contributed by atoms with van der Waals surface area (Å²) in [5.74, 6) is -0.251. The molecule has 0 bridgehead atoms. The first-order chi connectivity index (χ1) is 7.13. The zero-order chi connectivity index (χ0) is 11.3. The highest BCUT2D eigenvalue weighted by molar-refractivity contribution is 6.30. The third-order valence-electron chi connectivity index (χ3n) is 2.16. The third-order valence-corrected chi connectivity index (χ3v) is 2.39. The molecule has 0 saturated heterocycles. The van der Waals surface area contributed by atoms with Crippen LogP contribution in [0.25, 0.3) is 0 Å². The zero-order valence-electron chi connectivity index (χ0n) is 8.54. The Kier molecular flexibility index (Phi) is 4.72. The number of benzene rings is 1. The van der Waals surface area contributed by atoms with Crippen LogP contribution in [0.3, 0.4) is 0 Å². The summed E-state index contributed by atoms with van der Waals surface area (Å²) in [5, 5.41) is 0.532. The van der Waals surface area contributed by atoms with Crippen LogP contribution in [-0.2, 0) is 11.2 Å². The Morgan fingerprint density at radius 2 is 2.27 bits per heavy atom. The third kappa shape index (κ3) is 3.98. The van der Waals surface area contributed by atoms with E-state index < -0.39 is 0 Å². The van der Waals surface area contributed by atoms with E-state index in [0.29, 0.717) is 30.1 Å². The lowest BCUT2D eigenvalue weighted by atomic mass is 10.1. The van der Waals surface area contributed by atoms with Crippen molar-refractivity contribution in [3.8, 4) is 0 Å². The maximum Gasteiger partial charge on any atom is 0.133 e. The monoisotopic (exact) mass is 229 g/mol. The summed E-state index contributed by atoms with van der Waals surface area (Å²) in [7, 11) is 1.82. The van der Waals surface area contributed by atoms with Gasteiger partial charge in [-0.2, -0.15) is 0 Å². The molecule has 1 rings (SSSR count). The molecule has 0 amide bonds. The van der Waals surface area contributed by atoms with Crippen LogP contribution in [0.5, 0.6) is 0 Å². The highest BCUT2D eigenvalue weighted by atomic mass is 35.5. The lowest BCUT2D eigenvalue weighted by Gasteiger charge is -2.13. The van der Waals surface area contributed by atoms with Crippen LogP contribution in [-0.4, -0.2) is 31.3 Å². The van der Waals surface area contributed by atoms with Gasteiger partial charge in [0.05, 0.1) is 6.54 Å². The largest absolute Gasteiger partial charge is 0.302 e. The zero-order valence-corrected chi connectivity index (χ0v) is 9.30. The van der Waals surface area contributed by atoms with Crippen LogP contribution in [0.1, 0.15) is 5.56 Å². The van der Waals surface area contributed by atoms with Crippen LogP contribution in [0.4, 0.5) is 4.39 Å². The van der Waals surface area contributed by atoms with Crippen molar-refractivity contribution < 1.29 is 9.18 Å². The predicted octanol–water partition coefficient (Wildman–Crippen LogP) is 2.15. The quantitative estimate of drug-likeness (QED) is 0.722. The molecule has 1 aromatic carbocycles. The molecule has 0 fully saturated rings. The minimum absolute atomic E-state index is 0.251. The average Bonchev–Trinajstić information content (AvgIpc) is 2.20. The first-order valence-electron chi connectivity index (χ1n) is 4.69. The van der Waals surface area contributed by atoms with Crippen molar-refractivity contribution in [1.29, 1.82) is 0 Å². The van der Waals surface area contributed by atoms with Gasteiger partial charge in [-0.1, -0.05) is 11.6 Å². The number of hydrogen-bond acceptors (Lipinski definition) is 2. The number of hydrogen-bond donors (Lipinski definition) is 0. The number of halogens is 2. The van der Waals surface area contributed by atoms with Crippen molar-refractivity contribution in [2.75, 3.05) is 20.1 Å². The van der Waals surface area contributed by atoms with Gasteiger partial charge in [0, 0.05) is 11.6 Å². The molecule has 0 aromatic heterocycles.